The lowest BCUT2D eigenvalue weighted by molar-refractivity contribution is 0.109. The van der Waals surface area contributed by atoms with Gasteiger partial charge in [-0.3, -0.25) is 0 Å². The average Bonchev–Trinajstić information content (AvgIpc) is 2.78. The Labute approximate surface area is 177 Å². The monoisotopic (exact) mass is 418 g/mol. The Balaban J connectivity index is 2.35. The second-order valence-electron chi connectivity index (χ2n) is 6.48. The van der Waals surface area contributed by atoms with E-state index >= 15 is 0 Å². The average molecular weight is 418 g/mol. The SMILES string of the molecule is C=CCc1cc(OC)c(O[C@@H](CO)Cc2cc(OC)c(OC)c(OC)c2)c(OC)c1. The fourth-order valence-electron chi connectivity index (χ4n) is 3.16. The van der Waals surface area contributed by atoms with Crippen LogP contribution in [0.25, 0.3) is 0 Å². The molecule has 7 heteroatoms. The summed E-state index contributed by atoms with van der Waals surface area (Å²) in [6.07, 6.45) is 2.31. The number of methoxy groups -OCH3 is 5. The van der Waals surface area contributed by atoms with Crippen molar-refractivity contribution in [2.75, 3.05) is 42.2 Å². The molecular formula is C23H30O7. The summed E-state index contributed by atoms with van der Waals surface area (Å²) in [5.74, 6) is 3.05. The zero-order valence-corrected chi connectivity index (χ0v) is 18.2. The molecule has 2 aromatic carbocycles. The second-order valence-corrected chi connectivity index (χ2v) is 6.48. The molecule has 0 saturated heterocycles. The van der Waals surface area contributed by atoms with Gasteiger partial charge >= 0.3 is 0 Å². The van der Waals surface area contributed by atoms with Crippen molar-refractivity contribution in [3.05, 3.63) is 48.0 Å². The van der Waals surface area contributed by atoms with Crippen LogP contribution in [0.5, 0.6) is 34.5 Å². The van der Waals surface area contributed by atoms with E-state index in [0.717, 1.165) is 11.1 Å². The Morgan fingerprint density at radius 2 is 1.23 bits per heavy atom. The van der Waals surface area contributed by atoms with Crippen molar-refractivity contribution < 1.29 is 33.5 Å². The zero-order chi connectivity index (χ0) is 22.1. The Kier molecular flexibility index (Phi) is 8.68. The minimum Gasteiger partial charge on any atom is -0.493 e. The van der Waals surface area contributed by atoms with Gasteiger partial charge < -0.3 is 33.5 Å². The number of aliphatic hydroxyl groups excluding tert-OH is 1. The van der Waals surface area contributed by atoms with E-state index in [1.54, 1.807) is 41.6 Å². The summed E-state index contributed by atoms with van der Waals surface area (Å²) in [6.45, 7) is 3.55. The molecule has 164 valence electrons. The minimum atomic E-state index is -0.555. The third-order valence-electron chi connectivity index (χ3n) is 4.58. The molecular weight excluding hydrogens is 388 g/mol. The Bertz CT molecular complexity index is 797. The van der Waals surface area contributed by atoms with Gasteiger partial charge in [0.05, 0.1) is 42.2 Å². The molecule has 7 nitrogen and oxygen atoms in total. The molecule has 0 heterocycles. The topological polar surface area (TPSA) is 75.6 Å². The zero-order valence-electron chi connectivity index (χ0n) is 18.2. The van der Waals surface area contributed by atoms with Crippen LogP contribution in [-0.4, -0.2) is 53.4 Å². The first-order valence-electron chi connectivity index (χ1n) is 9.47. The first kappa shape index (κ1) is 23.2. The summed E-state index contributed by atoms with van der Waals surface area (Å²) in [5, 5.41) is 9.96. The number of aliphatic hydroxyl groups is 1. The van der Waals surface area contributed by atoms with Crippen molar-refractivity contribution in [3.8, 4) is 34.5 Å². The van der Waals surface area contributed by atoms with Crippen molar-refractivity contribution in [1.29, 1.82) is 0 Å². The molecule has 0 unspecified atom stereocenters. The van der Waals surface area contributed by atoms with Crippen molar-refractivity contribution in [2.24, 2.45) is 0 Å². The quantitative estimate of drug-likeness (QED) is 0.529. The Hall–Kier alpha value is -3.06. The summed E-state index contributed by atoms with van der Waals surface area (Å²) in [5.41, 5.74) is 1.83. The molecule has 2 rings (SSSR count). The van der Waals surface area contributed by atoms with Crippen LogP contribution in [0.3, 0.4) is 0 Å². The van der Waals surface area contributed by atoms with Crippen LogP contribution >= 0.6 is 0 Å². The predicted molar refractivity (Wildman–Crippen MR) is 115 cm³/mol. The molecule has 1 atom stereocenters. The predicted octanol–water partition coefficient (Wildman–Crippen LogP) is 3.44. The van der Waals surface area contributed by atoms with Crippen molar-refractivity contribution >= 4 is 0 Å². The number of benzene rings is 2. The van der Waals surface area contributed by atoms with Crippen LogP contribution in [0, 0.1) is 0 Å². The van der Waals surface area contributed by atoms with Gasteiger partial charge in [-0.1, -0.05) is 6.08 Å². The molecule has 0 aromatic heterocycles. The van der Waals surface area contributed by atoms with Gasteiger partial charge in [-0.2, -0.15) is 0 Å². The molecule has 0 saturated carbocycles. The highest BCUT2D eigenvalue weighted by atomic mass is 16.5. The standard InChI is InChI=1S/C23H30O7/c1-7-8-15-10-20(27-4)23(21(11-15)28-5)30-17(14-24)9-16-12-18(25-2)22(29-6)19(13-16)26-3/h7,10-13,17,24H,1,8-9,14H2,2-6H3/t17-/m1/s1. The maximum atomic E-state index is 9.96. The van der Waals surface area contributed by atoms with Crippen LogP contribution in [0.2, 0.25) is 0 Å². The van der Waals surface area contributed by atoms with Crippen LogP contribution in [0.15, 0.2) is 36.9 Å². The molecule has 0 spiro atoms. The summed E-state index contributed by atoms with van der Waals surface area (Å²) in [7, 11) is 7.79. The maximum Gasteiger partial charge on any atom is 0.203 e. The maximum absolute atomic E-state index is 9.96. The fraction of sp³-hybridized carbons (Fsp3) is 0.391. The van der Waals surface area contributed by atoms with Gasteiger partial charge in [0.2, 0.25) is 11.5 Å². The largest absolute Gasteiger partial charge is 0.493 e. The molecule has 0 fully saturated rings. The van der Waals surface area contributed by atoms with E-state index in [4.69, 9.17) is 28.4 Å². The number of ether oxygens (including phenoxy) is 6. The van der Waals surface area contributed by atoms with Gasteiger partial charge in [-0.05, 0) is 41.8 Å². The van der Waals surface area contributed by atoms with Crippen LogP contribution in [-0.2, 0) is 12.8 Å². The van der Waals surface area contributed by atoms with Gasteiger partial charge in [-0.15, -0.1) is 6.58 Å². The van der Waals surface area contributed by atoms with E-state index in [-0.39, 0.29) is 6.61 Å². The first-order chi connectivity index (χ1) is 14.5. The van der Waals surface area contributed by atoms with Crippen molar-refractivity contribution in [1.82, 2.24) is 0 Å². The van der Waals surface area contributed by atoms with Gasteiger partial charge in [0.25, 0.3) is 0 Å². The van der Waals surface area contributed by atoms with E-state index in [1.165, 1.54) is 0 Å². The molecule has 0 bridgehead atoms. The first-order valence-corrected chi connectivity index (χ1v) is 9.47. The van der Waals surface area contributed by atoms with E-state index in [9.17, 15) is 5.11 Å². The summed E-state index contributed by atoms with van der Waals surface area (Å²) in [6, 6.07) is 7.39. The molecule has 0 amide bonds. The van der Waals surface area contributed by atoms with Gasteiger partial charge in [-0.25, -0.2) is 0 Å². The van der Waals surface area contributed by atoms with Crippen LogP contribution in [0.4, 0.5) is 0 Å². The highest BCUT2D eigenvalue weighted by molar-refractivity contribution is 5.55. The van der Waals surface area contributed by atoms with E-state index in [0.29, 0.717) is 47.3 Å². The van der Waals surface area contributed by atoms with Crippen molar-refractivity contribution in [2.45, 2.75) is 18.9 Å². The third-order valence-corrected chi connectivity index (χ3v) is 4.58. The third kappa shape index (κ3) is 5.30. The van der Waals surface area contributed by atoms with E-state index in [2.05, 4.69) is 6.58 Å². The highest BCUT2D eigenvalue weighted by Gasteiger charge is 2.21. The molecule has 0 aliphatic carbocycles. The number of hydrogen-bond acceptors (Lipinski definition) is 7. The lowest BCUT2D eigenvalue weighted by Crippen LogP contribution is -2.24. The van der Waals surface area contributed by atoms with E-state index < -0.39 is 6.10 Å². The minimum absolute atomic E-state index is 0.211. The van der Waals surface area contributed by atoms with Gasteiger partial charge in [0.1, 0.15) is 6.10 Å². The molecule has 0 radical (unpaired) electrons. The number of allylic oxidation sites excluding steroid dienone is 1. The molecule has 0 aliphatic rings. The summed E-state index contributed by atoms with van der Waals surface area (Å²) in [4.78, 5) is 0. The van der Waals surface area contributed by atoms with Crippen LogP contribution in [0.1, 0.15) is 11.1 Å². The molecule has 0 aliphatic heterocycles. The number of hydrogen-bond donors (Lipinski definition) is 1. The smallest absolute Gasteiger partial charge is 0.203 e. The lowest BCUT2D eigenvalue weighted by Gasteiger charge is -2.22. The van der Waals surface area contributed by atoms with Crippen LogP contribution < -0.4 is 28.4 Å². The van der Waals surface area contributed by atoms with Gasteiger partial charge in [0, 0.05) is 6.42 Å². The molecule has 30 heavy (non-hydrogen) atoms. The molecule has 1 N–H and O–H groups in total. The summed E-state index contributed by atoms with van der Waals surface area (Å²) >= 11 is 0. The van der Waals surface area contributed by atoms with E-state index in [1.807, 2.05) is 24.3 Å². The van der Waals surface area contributed by atoms with Crippen molar-refractivity contribution in [3.63, 3.8) is 0 Å². The van der Waals surface area contributed by atoms with Gasteiger partial charge in [0.15, 0.2) is 23.0 Å². The normalized spacial score (nSPS) is 11.4. The lowest BCUT2D eigenvalue weighted by atomic mass is 10.1. The Morgan fingerprint density at radius 1 is 0.767 bits per heavy atom. The molecule has 2 aromatic rings. The fourth-order valence-corrected chi connectivity index (χ4v) is 3.16. The summed E-state index contributed by atoms with van der Waals surface area (Å²) < 4.78 is 33.3. The number of rotatable bonds is 12. The second kappa shape index (κ2) is 11.2. The highest BCUT2D eigenvalue weighted by Crippen LogP contribution is 2.41. The Morgan fingerprint density at radius 3 is 1.63 bits per heavy atom.